The van der Waals surface area contributed by atoms with Crippen LogP contribution in [0.2, 0.25) is 5.02 Å². The minimum Gasteiger partial charge on any atom is -0.383 e. The second-order valence-electron chi connectivity index (χ2n) is 8.15. The Morgan fingerprint density at radius 2 is 1.68 bits per heavy atom. The van der Waals surface area contributed by atoms with Gasteiger partial charge >= 0.3 is 0 Å². The lowest BCUT2D eigenvalue weighted by Crippen LogP contribution is -2.23. The molecule has 2 heterocycles. The standard InChI is InChI=1S/C16H13ClN2O.C11H13N5OS/c1-2-14-18-13-10-6-9-12(17)15(13)16(20)19(14)11-7-4-3-5-8-11;1-18(17)16-8-4-2-7(3-5-8)9-6-14-11(13)15-10(9)12/h3-10H,2H2,1H3;2-6,16H,1H3,(H4,12,13,14,15). The molecule has 0 saturated heterocycles. The Kier molecular flexibility index (Phi) is 8.35. The lowest BCUT2D eigenvalue weighted by atomic mass is 10.1. The fourth-order valence-electron chi connectivity index (χ4n) is 3.83. The summed E-state index contributed by atoms with van der Waals surface area (Å²) in [6.45, 7) is 1.98. The molecule has 5 rings (SSSR count). The van der Waals surface area contributed by atoms with Crippen LogP contribution >= 0.6 is 11.6 Å². The van der Waals surface area contributed by atoms with Crippen molar-refractivity contribution in [3.63, 3.8) is 0 Å². The van der Waals surface area contributed by atoms with E-state index in [9.17, 15) is 9.00 Å². The smallest absolute Gasteiger partial charge is 0.267 e. The fourth-order valence-corrected chi connectivity index (χ4v) is 4.55. The molecule has 0 saturated carbocycles. The summed E-state index contributed by atoms with van der Waals surface area (Å²) in [4.78, 5) is 25.1. The molecule has 1 unspecified atom stereocenters. The van der Waals surface area contributed by atoms with E-state index in [0.717, 1.165) is 22.8 Å². The number of aromatic nitrogens is 4. The van der Waals surface area contributed by atoms with Gasteiger partial charge < -0.3 is 16.2 Å². The van der Waals surface area contributed by atoms with Crippen LogP contribution < -0.4 is 21.7 Å². The summed E-state index contributed by atoms with van der Waals surface area (Å²) >= 11 is 6.16. The average Bonchev–Trinajstić information content (AvgIpc) is 2.90. The van der Waals surface area contributed by atoms with Gasteiger partial charge in [0.25, 0.3) is 5.56 Å². The van der Waals surface area contributed by atoms with Gasteiger partial charge in [0.05, 0.1) is 21.6 Å². The van der Waals surface area contributed by atoms with Crippen LogP contribution in [0.15, 0.2) is 83.8 Å². The largest absolute Gasteiger partial charge is 0.383 e. The number of aryl methyl sites for hydroxylation is 1. The van der Waals surface area contributed by atoms with Crippen LogP contribution in [0.4, 0.5) is 17.5 Å². The molecular weight excluding hydrogens is 522 g/mol. The Morgan fingerprint density at radius 3 is 2.32 bits per heavy atom. The third-order valence-electron chi connectivity index (χ3n) is 5.54. The van der Waals surface area contributed by atoms with Gasteiger partial charge in [-0.05, 0) is 42.0 Å². The number of benzene rings is 3. The molecule has 2 aromatic heterocycles. The van der Waals surface area contributed by atoms with Gasteiger partial charge in [-0.1, -0.05) is 54.9 Å². The van der Waals surface area contributed by atoms with Crippen molar-refractivity contribution in [2.24, 2.45) is 0 Å². The second kappa shape index (κ2) is 11.8. The van der Waals surface area contributed by atoms with Crippen molar-refractivity contribution < 1.29 is 4.21 Å². The van der Waals surface area contributed by atoms with Crippen molar-refractivity contribution in [1.29, 1.82) is 0 Å². The first kappa shape index (κ1) is 26.8. The Morgan fingerprint density at radius 1 is 0.974 bits per heavy atom. The first-order valence-corrected chi connectivity index (χ1v) is 13.6. The zero-order valence-electron chi connectivity index (χ0n) is 20.8. The number of fused-ring (bicyclic) bond motifs is 1. The van der Waals surface area contributed by atoms with Gasteiger partial charge in [-0.2, -0.15) is 4.98 Å². The first-order valence-electron chi connectivity index (χ1n) is 11.6. The molecule has 0 amide bonds. The monoisotopic (exact) mass is 547 g/mol. The van der Waals surface area contributed by atoms with Crippen molar-refractivity contribution in [3.05, 3.63) is 100 Å². The number of rotatable bonds is 5. The van der Waals surface area contributed by atoms with E-state index in [2.05, 4.69) is 19.7 Å². The molecule has 38 heavy (non-hydrogen) atoms. The summed E-state index contributed by atoms with van der Waals surface area (Å²) < 4.78 is 15.4. The van der Waals surface area contributed by atoms with Gasteiger partial charge in [-0.3, -0.25) is 9.36 Å². The normalized spacial score (nSPS) is 11.4. The van der Waals surface area contributed by atoms with Crippen LogP contribution in [0.5, 0.6) is 0 Å². The fraction of sp³-hybridized carbons (Fsp3) is 0.111. The van der Waals surface area contributed by atoms with E-state index in [-0.39, 0.29) is 11.5 Å². The molecule has 1 atom stereocenters. The van der Waals surface area contributed by atoms with Gasteiger partial charge in [0.1, 0.15) is 22.6 Å². The van der Waals surface area contributed by atoms with Crippen LogP contribution in [0, 0.1) is 0 Å². The molecule has 0 aliphatic rings. The maximum Gasteiger partial charge on any atom is 0.267 e. The first-order chi connectivity index (χ1) is 18.3. The van der Waals surface area contributed by atoms with Crippen molar-refractivity contribution in [2.45, 2.75) is 13.3 Å². The summed E-state index contributed by atoms with van der Waals surface area (Å²) in [6, 6.07) is 22.2. The SMILES string of the molecule is CCc1nc2cccc(Cl)c2c(=O)n1-c1ccccc1.CS(=O)Nc1ccc(-c2cnc(N)nc2N)cc1. The van der Waals surface area contributed by atoms with Crippen molar-refractivity contribution in [1.82, 2.24) is 19.5 Å². The van der Waals surface area contributed by atoms with Crippen molar-refractivity contribution in [3.8, 4) is 16.8 Å². The number of para-hydroxylation sites is 1. The predicted molar refractivity (Wildman–Crippen MR) is 156 cm³/mol. The van der Waals surface area contributed by atoms with Crippen LogP contribution in [0.1, 0.15) is 12.7 Å². The Labute approximate surface area is 227 Å². The summed E-state index contributed by atoms with van der Waals surface area (Å²) in [5.41, 5.74) is 14.9. The van der Waals surface area contributed by atoms with Gasteiger partial charge in [0, 0.05) is 30.1 Å². The molecule has 0 aliphatic carbocycles. The molecule has 5 N–H and O–H groups in total. The number of nitrogen functional groups attached to an aromatic ring is 2. The van der Waals surface area contributed by atoms with Gasteiger partial charge in [0.2, 0.25) is 5.95 Å². The molecule has 0 aliphatic heterocycles. The number of nitrogens with zero attached hydrogens (tertiary/aromatic N) is 4. The highest BCUT2D eigenvalue weighted by Gasteiger charge is 2.13. The second-order valence-corrected chi connectivity index (χ2v) is 9.67. The van der Waals surface area contributed by atoms with E-state index in [4.69, 9.17) is 23.1 Å². The lowest BCUT2D eigenvalue weighted by molar-refractivity contribution is 0.690. The molecule has 0 radical (unpaired) electrons. The maximum atomic E-state index is 12.8. The molecule has 9 nitrogen and oxygen atoms in total. The Balaban J connectivity index is 0.000000178. The van der Waals surface area contributed by atoms with E-state index in [0.29, 0.717) is 33.7 Å². The van der Waals surface area contributed by atoms with E-state index >= 15 is 0 Å². The van der Waals surface area contributed by atoms with Crippen molar-refractivity contribution >= 4 is 50.9 Å². The molecule has 194 valence electrons. The zero-order chi connectivity index (χ0) is 27.2. The third kappa shape index (κ3) is 5.99. The zero-order valence-corrected chi connectivity index (χ0v) is 22.3. The molecule has 5 aromatic rings. The minimum atomic E-state index is -1.09. The summed E-state index contributed by atoms with van der Waals surface area (Å²) in [7, 11) is -1.09. The summed E-state index contributed by atoms with van der Waals surface area (Å²) in [5, 5.41) is 0.905. The van der Waals surface area contributed by atoms with Crippen LogP contribution in [0.3, 0.4) is 0 Å². The van der Waals surface area contributed by atoms with E-state index in [1.807, 2.05) is 73.7 Å². The number of nitrogens with two attached hydrogens (primary N) is 2. The minimum absolute atomic E-state index is 0.122. The van der Waals surface area contributed by atoms with Crippen molar-refractivity contribution in [2.75, 3.05) is 22.4 Å². The summed E-state index contributed by atoms with van der Waals surface area (Å²) in [5.74, 6) is 1.22. The highest BCUT2D eigenvalue weighted by molar-refractivity contribution is 7.85. The van der Waals surface area contributed by atoms with Gasteiger partial charge in [0.15, 0.2) is 0 Å². The van der Waals surface area contributed by atoms with Gasteiger partial charge in [-0.25, -0.2) is 14.2 Å². The van der Waals surface area contributed by atoms with E-state index < -0.39 is 11.0 Å². The van der Waals surface area contributed by atoms with E-state index in [1.54, 1.807) is 23.1 Å². The van der Waals surface area contributed by atoms with Gasteiger partial charge in [-0.15, -0.1) is 0 Å². The van der Waals surface area contributed by atoms with Crippen LogP contribution in [-0.2, 0) is 17.4 Å². The molecule has 11 heteroatoms. The number of hydrogen-bond acceptors (Lipinski definition) is 7. The molecular formula is C27H26ClN7O2S. The number of nitrogens with one attached hydrogen (secondary N) is 1. The van der Waals surface area contributed by atoms with Crippen LogP contribution in [0.25, 0.3) is 27.7 Å². The Bertz CT molecular complexity index is 1660. The molecule has 3 aromatic carbocycles. The lowest BCUT2D eigenvalue weighted by Gasteiger charge is -2.12. The molecule has 0 spiro atoms. The third-order valence-corrected chi connectivity index (χ3v) is 6.38. The quantitative estimate of drug-likeness (QED) is 0.291. The highest BCUT2D eigenvalue weighted by atomic mass is 35.5. The Hall–Kier alpha value is -4.28. The number of anilines is 3. The molecule has 0 bridgehead atoms. The number of halogens is 1. The predicted octanol–water partition coefficient (Wildman–Crippen LogP) is 4.61. The van der Waals surface area contributed by atoms with E-state index in [1.165, 1.54) is 0 Å². The molecule has 0 fully saturated rings. The van der Waals surface area contributed by atoms with Crippen LogP contribution in [-0.4, -0.2) is 30.0 Å². The highest BCUT2D eigenvalue weighted by Crippen LogP contribution is 2.25. The summed E-state index contributed by atoms with van der Waals surface area (Å²) in [6.07, 6.45) is 3.82. The average molecular weight is 548 g/mol. The maximum absolute atomic E-state index is 12.8. The topological polar surface area (TPSA) is 142 Å². The number of hydrogen-bond donors (Lipinski definition) is 3.